The molecular formula is C10H12ClFN2. The summed E-state index contributed by atoms with van der Waals surface area (Å²) in [5, 5.41) is 0.339. The number of rotatable bonds is 0. The number of nitrogens with zero attached hydrogens (tertiary/aromatic N) is 2. The number of aromatic nitrogens is 2. The van der Waals surface area contributed by atoms with E-state index in [4.69, 9.17) is 11.6 Å². The highest BCUT2D eigenvalue weighted by molar-refractivity contribution is 6.29. The van der Waals surface area contributed by atoms with E-state index in [1.165, 1.54) is 12.1 Å². The van der Waals surface area contributed by atoms with Gasteiger partial charge in [-0.3, -0.25) is 4.40 Å². The molecule has 0 amide bonds. The molecule has 0 aliphatic rings. The number of pyridine rings is 1. The van der Waals surface area contributed by atoms with Crippen molar-refractivity contribution in [2.24, 2.45) is 0 Å². The van der Waals surface area contributed by atoms with Crippen LogP contribution in [0.3, 0.4) is 0 Å². The second-order valence-corrected chi connectivity index (χ2v) is 2.97. The highest BCUT2D eigenvalue weighted by Gasteiger charge is 2.04. The summed E-state index contributed by atoms with van der Waals surface area (Å²) in [6.07, 6.45) is 1.58. The molecule has 2 heterocycles. The average Bonchev–Trinajstić information content (AvgIpc) is 2.52. The molecule has 0 aliphatic carbocycles. The molecule has 76 valence electrons. The van der Waals surface area contributed by atoms with E-state index in [0.717, 1.165) is 5.69 Å². The summed E-state index contributed by atoms with van der Waals surface area (Å²) in [5.74, 6) is -0.337. The Labute approximate surface area is 87.3 Å². The fraction of sp³-hybridized carbons (Fsp3) is 0.300. The Morgan fingerprint density at radius 2 is 2.00 bits per heavy atom. The SMILES string of the molecule is CC.Cc1ncn2c(Cl)cc(F)cc12. The van der Waals surface area contributed by atoms with Gasteiger partial charge >= 0.3 is 0 Å². The van der Waals surface area contributed by atoms with Gasteiger partial charge in [0.2, 0.25) is 0 Å². The first-order chi connectivity index (χ1) is 6.68. The summed E-state index contributed by atoms with van der Waals surface area (Å²) >= 11 is 5.76. The molecule has 2 aromatic heterocycles. The van der Waals surface area contributed by atoms with Crippen molar-refractivity contribution in [3.63, 3.8) is 0 Å². The van der Waals surface area contributed by atoms with Crippen molar-refractivity contribution in [2.45, 2.75) is 20.8 Å². The standard InChI is InChI=1S/C8H6ClFN2.C2H6/c1-5-7-2-6(10)3-8(9)12(7)4-11-5;1-2/h2-4H,1H3;1-2H3. The minimum absolute atomic E-state index is 0.337. The van der Waals surface area contributed by atoms with Crippen LogP contribution in [0.5, 0.6) is 0 Å². The average molecular weight is 215 g/mol. The second-order valence-electron chi connectivity index (χ2n) is 2.58. The Morgan fingerprint density at radius 3 is 2.64 bits per heavy atom. The molecule has 4 heteroatoms. The summed E-state index contributed by atoms with van der Waals surface area (Å²) < 4.78 is 14.5. The van der Waals surface area contributed by atoms with Gasteiger partial charge in [0.15, 0.2) is 0 Å². The fourth-order valence-electron chi connectivity index (χ4n) is 1.15. The van der Waals surface area contributed by atoms with Gasteiger partial charge in [0.05, 0.1) is 11.2 Å². The topological polar surface area (TPSA) is 17.3 Å². The van der Waals surface area contributed by atoms with E-state index in [0.29, 0.717) is 10.7 Å². The molecule has 14 heavy (non-hydrogen) atoms. The molecule has 0 saturated heterocycles. The van der Waals surface area contributed by atoms with E-state index in [1.54, 1.807) is 10.7 Å². The third-order valence-electron chi connectivity index (χ3n) is 1.76. The van der Waals surface area contributed by atoms with E-state index in [-0.39, 0.29) is 5.82 Å². The van der Waals surface area contributed by atoms with E-state index < -0.39 is 0 Å². The smallest absolute Gasteiger partial charge is 0.128 e. The van der Waals surface area contributed by atoms with Gasteiger partial charge in [-0.2, -0.15) is 0 Å². The summed E-state index contributed by atoms with van der Waals surface area (Å²) in [6.45, 7) is 5.81. The molecule has 0 saturated carbocycles. The third kappa shape index (κ3) is 1.87. The van der Waals surface area contributed by atoms with Crippen LogP contribution in [0, 0.1) is 12.7 Å². The van der Waals surface area contributed by atoms with Crippen LogP contribution >= 0.6 is 11.6 Å². The van der Waals surface area contributed by atoms with Crippen LogP contribution in [0.1, 0.15) is 19.5 Å². The molecule has 0 aliphatic heterocycles. The molecular weight excluding hydrogens is 203 g/mol. The molecule has 0 atom stereocenters. The first kappa shape index (κ1) is 11.0. The van der Waals surface area contributed by atoms with Gasteiger partial charge < -0.3 is 0 Å². The van der Waals surface area contributed by atoms with Crippen molar-refractivity contribution in [2.75, 3.05) is 0 Å². The van der Waals surface area contributed by atoms with Gasteiger partial charge in [-0.1, -0.05) is 25.4 Å². The van der Waals surface area contributed by atoms with Crippen LogP contribution in [0.15, 0.2) is 18.5 Å². The van der Waals surface area contributed by atoms with Crippen LogP contribution in [0.25, 0.3) is 5.52 Å². The monoisotopic (exact) mass is 214 g/mol. The van der Waals surface area contributed by atoms with Gasteiger partial charge in [0.25, 0.3) is 0 Å². The zero-order valence-electron chi connectivity index (χ0n) is 8.38. The first-order valence-corrected chi connectivity index (χ1v) is 4.85. The van der Waals surface area contributed by atoms with Crippen LogP contribution in [-0.2, 0) is 0 Å². The minimum Gasteiger partial charge on any atom is -0.289 e. The highest BCUT2D eigenvalue weighted by Crippen LogP contribution is 2.17. The molecule has 2 nitrogen and oxygen atoms in total. The summed E-state index contributed by atoms with van der Waals surface area (Å²) in [6, 6.07) is 2.67. The lowest BCUT2D eigenvalue weighted by atomic mass is 10.3. The Hall–Kier alpha value is -1.09. The van der Waals surface area contributed by atoms with E-state index in [9.17, 15) is 4.39 Å². The van der Waals surface area contributed by atoms with Crippen LogP contribution in [0.2, 0.25) is 5.15 Å². The maximum atomic E-state index is 12.8. The lowest BCUT2D eigenvalue weighted by Gasteiger charge is -1.97. The van der Waals surface area contributed by atoms with Gasteiger partial charge in [0, 0.05) is 6.07 Å². The molecule has 0 spiro atoms. The Balaban J connectivity index is 0.000000461. The maximum Gasteiger partial charge on any atom is 0.128 e. The van der Waals surface area contributed by atoms with Gasteiger partial charge in [-0.05, 0) is 13.0 Å². The quantitative estimate of drug-likeness (QED) is 0.614. The number of hydrogen-bond acceptors (Lipinski definition) is 1. The number of hydrogen-bond donors (Lipinski definition) is 0. The normalized spacial score (nSPS) is 9.79. The maximum absolute atomic E-state index is 12.8. The van der Waals surface area contributed by atoms with E-state index in [1.807, 2.05) is 20.8 Å². The van der Waals surface area contributed by atoms with E-state index >= 15 is 0 Å². The second kappa shape index (κ2) is 4.42. The zero-order chi connectivity index (χ0) is 10.7. The summed E-state index contributed by atoms with van der Waals surface area (Å²) in [4.78, 5) is 4.01. The lowest BCUT2D eigenvalue weighted by Crippen LogP contribution is -1.86. The van der Waals surface area contributed by atoms with Crippen molar-refractivity contribution < 1.29 is 4.39 Å². The number of aryl methyl sites for hydroxylation is 1. The molecule has 0 bridgehead atoms. The van der Waals surface area contributed by atoms with Crippen molar-refractivity contribution >= 4 is 17.1 Å². The van der Waals surface area contributed by atoms with Gasteiger partial charge in [0.1, 0.15) is 17.3 Å². The van der Waals surface area contributed by atoms with Crippen LogP contribution in [0.4, 0.5) is 4.39 Å². The predicted octanol–water partition coefficient (Wildman–Crippen LogP) is 3.46. The number of fused-ring (bicyclic) bond motifs is 1. The van der Waals surface area contributed by atoms with Crippen LogP contribution < -0.4 is 0 Å². The molecule has 0 fully saturated rings. The van der Waals surface area contributed by atoms with Crippen molar-refractivity contribution in [3.8, 4) is 0 Å². The molecule has 2 aromatic rings. The minimum atomic E-state index is -0.337. The molecule has 0 radical (unpaired) electrons. The number of imidazole rings is 1. The Bertz CT molecular complexity index is 437. The largest absolute Gasteiger partial charge is 0.289 e. The predicted molar refractivity (Wildman–Crippen MR) is 56.2 cm³/mol. The third-order valence-corrected chi connectivity index (χ3v) is 2.05. The van der Waals surface area contributed by atoms with Crippen LogP contribution in [-0.4, -0.2) is 9.38 Å². The van der Waals surface area contributed by atoms with Crippen molar-refractivity contribution in [3.05, 3.63) is 35.1 Å². The molecule has 0 aromatic carbocycles. The van der Waals surface area contributed by atoms with Gasteiger partial charge in [-0.15, -0.1) is 0 Å². The Kier molecular flexibility index (Phi) is 3.47. The Morgan fingerprint density at radius 1 is 1.36 bits per heavy atom. The van der Waals surface area contributed by atoms with Crippen molar-refractivity contribution in [1.29, 1.82) is 0 Å². The number of halogens is 2. The van der Waals surface area contributed by atoms with Crippen molar-refractivity contribution in [1.82, 2.24) is 9.38 Å². The molecule has 0 N–H and O–H groups in total. The highest BCUT2D eigenvalue weighted by atomic mass is 35.5. The fourth-order valence-corrected chi connectivity index (χ4v) is 1.39. The first-order valence-electron chi connectivity index (χ1n) is 4.47. The lowest BCUT2D eigenvalue weighted by molar-refractivity contribution is 0.627. The zero-order valence-corrected chi connectivity index (χ0v) is 9.14. The molecule has 2 rings (SSSR count). The summed E-state index contributed by atoms with van der Waals surface area (Å²) in [7, 11) is 0. The molecule has 0 unspecified atom stereocenters. The summed E-state index contributed by atoms with van der Waals surface area (Å²) in [5.41, 5.74) is 1.48. The van der Waals surface area contributed by atoms with Gasteiger partial charge in [-0.25, -0.2) is 9.37 Å². The van der Waals surface area contributed by atoms with E-state index in [2.05, 4.69) is 4.98 Å².